The lowest BCUT2D eigenvalue weighted by molar-refractivity contribution is 1.08. The summed E-state index contributed by atoms with van der Waals surface area (Å²) in [5.41, 5.74) is 4.72. The first-order valence-electron chi connectivity index (χ1n) is 6.56. The fraction of sp³-hybridized carbons (Fsp3) is 0.188. The Kier molecular flexibility index (Phi) is 5.97. The molecule has 0 unspecified atom stereocenters. The number of fused-ring (bicyclic) bond motifs is 1. The molecule has 0 spiro atoms. The lowest BCUT2D eigenvalue weighted by atomic mass is 10.0. The number of halogens is 2. The number of rotatable bonds is 5. The second-order valence-electron chi connectivity index (χ2n) is 4.59. The van der Waals surface area contributed by atoms with Gasteiger partial charge in [0.25, 0.3) is 0 Å². The molecular formula is C16H16Cl2N2S. The molecule has 0 aliphatic heterocycles. The Labute approximate surface area is 139 Å². The summed E-state index contributed by atoms with van der Waals surface area (Å²) in [5, 5.41) is 0.942. The molecule has 110 valence electrons. The van der Waals surface area contributed by atoms with Gasteiger partial charge in [0.05, 0.1) is 11.0 Å². The van der Waals surface area contributed by atoms with E-state index in [1.165, 1.54) is 11.1 Å². The average molecular weight is 339 g/mol. The normalized spacial score (nSPS) is 10.5. The molecule has 21 heavy (non-hydrogen) atoms. The Hall–Kier alpha value is -1.16. The Morgan fingerprint density at radius 3 is 2.62 bits per heavy atom. The Morgan fingerprint density at radius 1 is 1.05 bits per heavy atom. The van der Waals surface area contributed by atoms with E-state index in [2.05, 4.69) is 52.4 Å². The highest BCUT2D eigenvalue weighted by Crippen LogP contribution is 2.21. The van der Waals surface area contributed by atoms with Gasteiger partial charge < -0.3 is 4.98 Å². The molecule has 0 amide bonds. The highest BCUT2D eigenvalue weighted by Gasteiger charge is 2.04. The van der Waals surface area contributed by atoms with Gasteiger partial charge in [-0.1, -0.05) is 48.2 Å². The van der Waals surface area contributed by atoms with Gasteiger partial charge in [-0.25, -0.2) is 4.98 Å². The molecule has 0 aliphatic rings. The third-order valence-electron chi connectivity index (χ3n) is 3.09. The quantitative estimate of drug-likeness (QED) is 0.529. The van der Waals surface area contributed by atoms with Crippen LogP contribution in [0.5, 0.6) is 0 Å². The van der Waals surface area contributed by atoms with Crippen LogP contribution in [-0.2, 0) is 6.42 Å². The highest BCUT2D eigenvalue weighted by molar-refractivity contribution is 7.99. The minimum absolute atomic E-state index is 0. The van der Waals surface area contributed by atoms with Gasteiger partial charge in [0.15, 0.2) is 5.16 Å². The average Bonchev–Trinajstić information content (AvgIpc) is 2.88. The van der Waals surface area contributed by atoms with Crippen LogP contribution >= 0.6 is 35.8 Å². The molecule has 3 rings (SSSR count). The van der Waals surface area contributed by atoms with Crippen molar-refractivity contribution in [2.75, 3.05) is 11.6 Å². The zero-order valence-corrected chi connectivity index (χ0v) is 13.8. The third kappa shape index (κ3) is 4.16. The molecule has 5 heteroatoms. The minimum atomic E-state index is 0. The van der Waals surface area contributed by atoms with E-state index in [1.54, 1.807) is 11.8 Å². The molecule has 0 fully saturated rings. The van der Waals surface area contributed by atoms with Gasteiger partial charge in [0, 0.05) is 11.6 Å². The fourth-order valence-electron chi connectivity index (χ4n) is 2.18. The number of nitrogens with one attached hydrogen (secondary N) is 1. The van der Waals surface area contributed by atoms with Crippen molar-refractivity contribution >= 4 is 46.8 Å². The number of hydrogen-bond acceptors (Lipinski definition) is 2. The summed E-state index contributed by atoms with van der Waals surface area (Å²) in [6.07, 6.45) is 0.944. The number of alkyl halides is 1. The summed E-state index contributed by atoms with van der Waals surface area (Å²) in [5.74, 6) is 1.51. The van der Waals surface area contributed by atoms with Crippen molar-refractivity contribution < 1.29 is 0 Å². The van der Waals surface area contributed by atoms with Crippen molar-refractivity contribution in [1.82, 2.24) is 9.97 Å². The number of thioether (sulfide) groups is 1. The lowest BCUT2D eigenvalue weighted by Crippen LogP contribution is -1.87. The number of aromatic amines is 1. The van der Waals surface area contributed by atoms with E-state index in [1.807, 2.05) is 6.07 Å². The predicted octanol–water partition coefficient (Wildman–Crippen LogP) is 4.91. The summed E-state index contributed by atoms with van der Waals surface area (Å²) in [7, 11) is 0. The second-order valence-corrected chi connectivity index (χ2v) is 6.05. The lowest BCUT2D eigenvalue weighted by Gasteiger charge is -2.01. The molecule has 0 atom stereocenters. The van der Waals surface area contributed by atoms with Crippen LogP contribution in [0.15, 0.2) is 53.7 Å². The van der Waals surface area contributed by atoms with Crippen LogP contribution in [0.2, 0.25) is 0 Å². The predicted molar refractivity (Wildman–Crippen MR) is 94.0 cm³/mol. The number of aromatic nitrogens is 2. The second kappa shape index (κ2) is 7.74. The number of benzene rings is 2. The standard InChI is InChI=1S/C16H15ClN2S.ClH/c17-8-9-20-16-18-14-7-6-13(11-15(14)19-16)10-12-4-2-1-3-5-12;/h1-7,11H,8-10H2,(H,18,19);1H. The fourth-order valence-corrected chi connectivity index (χ4v) is 3.03. The van der Waals surface area contributed by atoms with E-state index in [4.69, 9.17) is 11.6 Å². The summed E-state index contributed by atoms with van der Waals surface area (Å²) < 4.78 is 0. The maximum absolute atomic E-state index is 5.70. The first-order valence-corrected chi connectivity index (χ1v) is 8.08. The number of imidazole rings is 1. The first-order chi connectivity index (χ1) is 9.85. The topological polar surface area (TPSA) is 28.7 Å². The largest absolute Gasteiger partial charge is 0.333 e. The molecule has 1 heterocycles. The molecule has 3 aromatic rings. The van der Waals surface area contributed by atoms with Crippen LogP contribution in [0.1, 0.15) is 11.1 Å². The summed E-state index contributed by atoms with van der Waals surface area (Å²) in [6.45, 7) is 0. The summed E-state index contributed by atoms with van der Waals surface area (Å²) in [4.78, 5) is 7.90. The molecule has 0 bridgehead atoms. The van der Waals surface area contributed by atoms with E-state index in [9.17, 15) is 0 Å². The van der Waals surface area contributed by atoms with Crippen LogP contribution in [0.25, 0.3) is 11.0 Å². The van der Waals surface area contributed by atoms with Crippen LogP contribution in [0.3, 0.4) is 0 Å². The van der Waals surface area contributed by atoms with E-state index < -0.39 is 0 Å². The Morgan fingerprint density at radius 2 is 1.86 bits per heavy atom. The van der Waals surface area contributed by atoms with Crippen LogP contribution in [0.4, 0.5) is 0 Å². The first kappa shape index (κ1) is 16.2. The number of nitrogens with zero attached hydrogens (tertiary/aromatic N) is 1. The summed E-state index contributed by atoms with van der Waals surface area (Å²) >= 11 is 7.36. The van der Waals surface area contributed by atoms with Crippen LogP contribution in [-0.4, -0.2) is 21.6 Å². The van der Waals surface area contributed by atoms with E-state index in [0.717, 1.165) is 28.4 Å². The highest BCUT2D eigenvalue weighted by atomic mass is 35.5. The Balaban J connectivity index is 0.00000161. The Bertz CT molecular complexity index is 698. The van der Waals surface area contributed by atoms with Crippen molar-refractivity contribution in [2.45, 2.75) is 11.6 Å². The molecule has 2 nitrogen and oxygen atoms in total. The molecule has 0 aliphatic carbocycles. The SMILES string of the molecule is Cl.ClCCSc1nc2ccc(Cc3ccccc3)cc2[nH]1. The monoisotopic (exact) mass is 338 g/mol. The molecule has 1 aromatic heterocycles. The molecule has 2 aromatic carbocycles. The van der Waals surface area contributed by atoms with Crippen LogP contribution in [0, 0.1) is 0 Å². The number of hydrogen-bond donors (Lipinski definition) is 1. The van der Waals surface area contributed by atoms with Crippen molar-refractivity contribution in [3.05, 3.63) is 59.7 Å². The van der Waals surface area contributed by atoms with Crippen molar-refractivity contribution in [3.8, 4) is 0 Å². The van der Waals surface area contributed by atoms with Gasteiger partial charge in [-0.05, 0) is 29.7 Å². The zero-order chi connectivity index (χ0) is 13.8. The molecular weight excluding hydrogens is 323 g/mol. The van der Waals surface area contributed by atoms with Crippen molar-refractivity contribution in [2.24, 2.45) is 0 Å². The molecule has 0 saturated heterocycles. The van der Waals surface area contributed by atoms with Crippen molar-refractivity contribution in [3.63, 3.8) is 0 Å². The van der Waals surface area contributed by atoms with Gasteiger partial charge in [-0.2, -0.15) is 0 Å². The van der Waals surface area contributed by atoms with Gasteiger partial charge in [-0.15, -0.1) is 24.0 Å². The smallest absolute Gasteiger partial charge is 0.166 e. The summed E-state index contributed by atoms with van der Waals surface area (Å²) in [6, 6.07) is 16.9. The molecule has 0 radical (unpaired) electrons. The zero-order valence-electron chi connectivity index (χ0n) is 11.4. The van der Waals surface area contributed by atoms with E-state index in [-0.39, 0.29) is 12.4 Å². The van der Waals surface area contributed by atoms with E-state index in [0.29, 0.717) is 5.88 Å². The van der Waals surface area contributed by atoms with Gasteiger partial charge in [0.1, 0.15) is 0 Å². The van der Waals surface area contributed by atoms with E-state index >= 15 is 0 Å². The van der Waals surface area contributed by atoms with Gasteiger partial charge >= 0.3 is 0 Å². The number of H-pyrrole nitrogens is 1. The molecule has 0 saturated carbocycles. The maximum Gasteiger partial charge on any atom is 0.166 e. The minimum Gasteiger partial charge on any atom is -0.333 e. The third-order valence-corrected chi connectivity index (χ3v) is 4.38. The maximum atomic E-state index is 5.70. The van der Waals surface area contributed by atoms with Crippen molar-refractivity contribution in [1.29, 1.82) is 0 Å². The molecule has 1 N–H and O–H groups in total. The van der Waals surface area contributed by atoms with Gasteiger partial charge in [-0.3, -0.25) is 0 Å². The van der Waals surface area contributed by atoms with Crippen LogP contribution < -0.4 is 0 Å². The van der Waals surface area contributed by atoms with Gasteiger partial charge in [0.2, 0.25) is 0 Å².